The summed E-state index contributed by atoms with van der Waals surface area (Å²) in [6.07, 6.45) is 0.326. The fraction of sp³-hybridized carbons (Fsp3) is 0.194. The second kappa shape index (κ2) is 11.1. The molecule has 38 heavy (non-hydrogen) atoms. The minimum absolute atomic E-state index is 0.131. The minimum Gasteiger partial charge on any atom is -0.355 e. The molecule has 7 heteroatoms. The van der Waals surface area contributed by atoms with Gasteiger partial charge in [0.05, 0.1) is 5.69 Å². The van der Waals surface area contributed by atoms with Crippen molar-refractivity contribution >= 4 is 45.8 Å². The van der Waals surface area contributed by atoms with E-state index in [1.807, 2.05) is 85.8 Å². The quantitative estimate of drug-likeness (QED) is 0.325. The highest BCUT2D eigenvalue weighted by atomic mass is 35.5. The largest absolute Gasteiger partial charge is 0.355 e. The lowest BCUT2D eigenvalue weighted by atomic mass is 10.0. The highest BCUT2D eigenvalue weighted by Gasteiger charge is 2.35. The number of nitrogens with one attached hydrogen (secondary N) is 1. The van der Waals surface area contributed by atoms with E-state index in [1.165, 1.54) is 4.90 Å². The summed E-state index contributed by atoms with van der Waals surface area (Å²) in [5.41, 5.74) is 2.93. The summed E-state index contributed by atoms with van der Waals surface area (Å²) in [4.78, 5) is 43.9. The summed E-state index contributed by atoms with van der Waals surface area (Å²) in [6.45, 7) is 2.22. The third-order valence-corrected chi connectivity index (χ3v) is 7.23. The average Bonchev–Trinajstić information content (AvgIpc) is 3.20. The summed E-state index contributed by atoms with van der Waals surface area (Å²) in [6, 6.07) is 27.4. The number of amides is 3. The molecule has 192 valence electrons. The van der Waals surface area contributed by atoms with E-state index >= 15 is 0 Å². The molecular formula is C31H28ClN3O3. The van der Waals surface area contributed by atoms with E-state index in [9.17, 15) is 14.4 Å². The van der Waals surface area contributed by atoms with Crippen LogP contribution in [0.15, 0.2) is 91.0 Å². The highest BCUT2D eigenvalue weighted by molar-refractivity contribution is 6.31. The molecule has 0 saturated carbocycles. The summed E-state index contributed by atoms with van der Waals surface area (Å²) in [5, 5.41) is 5.18. The average molecular weight is 526 g/mol. The van der Waals surface area contributed by atoms with Crippen molar-refractivity contribution in [3.8, 4) is 0 Å². The molecule has 4 aromatic carbocycles. The first-order valence-corrected chi connectivity index (χ1v) is 13.0. The van der Waals surface area contributed by atoms with Gasteiger partial charge >= 0.3 is 0 Å². The standard InChI is InChI=1S/C31H28ClN3O3/c1-2-33-30(37)27(18-21-10-4-3-5-11-21)34(19-23-12-6-7-16-25(23)32)28(36)20-35-26-17-9-14-22-13-8-15-24(29(22)26)31(35)38/h3-17,27H,2,18-20H2,1H3,(H,33,37)/t27-/m1/s1. The van der Waals surface area contributed by atoms with Gasteiger partial charge in [-0.05, 0) is 41.6 Å². The molecule has 0 aromatic heterocycles. The Balaban J connectivity index is 1.51. The number of nitrogens with zero attached hydrogens (tertiary/aromatic N) is 2. The summed E-state index contributed by atoms with van der Waals surface area (Å²) >= 11 is 6.48. The van der Waals surface area contributed by atoms with Crippen LogP contribution in [0.3, 0.4) is 0 Å². The Morgan fingerprint density at radius 2 is 1.63 bits per heavy atom. The van der Waals surface area contributed by atoms with Crippen molar-refractivity contribution in [3.05, 3.63) is 113 Å². The molecular weight excluding hydrogens is 498 g/mol. The molecule has 4 aromatic rings. The Labute approximate surface area is 226 Å². The van der Waals surface area contributed by atoms with Gasteiger partial charge in [-0.3, -0.25) is 19.3 Å². The number of likely N-dealkylation sites (N-methyl/N-ethyl adjacent to an activating group) is 1. The fourth-order valence-electron chi connectivity index (χ4n) is 5.02. The maximum absolute atomic E-state index is 14.1. The SMILES string of the molecule is CCNC(=O)[C@@H](Cc1ccccc1)N(Cc1ccccc1Cl)C(=O)CN1C(=O)c2cccc3cccc1c23. The topological polar surface area (TPSA) is 69.7 Å². The van der Waals surface area contributed by atoms with Gasteiger partial charge in [0.2, 0.25) is 11.8 Å². The van der Waals surface area contributed by atoms with Crippen molar-refractivity contribution in [2.24, 2.45) is 0 Å². The minimum atomic E-state index is -0.794. The van der Waals surface area contributed by atoms with Crippen LogP contribution in [0.2, 0.25) is 5.02 Å². The van der Waals surface area contributed by atoms with Crippen LogP contribution < -0.4 is 10.2 Å². The van der Waals surface area contributed by atoms with Crippen molar-refractivity contribution in [2.75, 3.05) is 18.0 Å². The molecule has 1 N–H and O–H groups in total. The second-order valence-corrected chi connectivity index (χ2v) is 9.69. The predicted molar refractivity (Wildman–Crippen MR) is 150 cm³/mol. The van der Waals surface area contributed by atoms with Crippen molar-refractivity contribution in [1.82, 2.24) is 10.2 Å². The van der Waals surface area contributed by atoms with E-state index in [-0.39, 0.29) is 30.8 Å². The Bertz CT molecular complexity index is 1500. The first-order valence-electron chi connectivity index (χ1n) is 12.7. The molecule has 1 aliphatic rings. The van der Waals surface area contributed by atoms with Crippen LogP contribution in [0.25, 0.3) is 10.8 Å². The van der Waals surface area contributed by atoms with Crippen LogP contribution in [-0.4, -0.2) is 41.8 Å². The smallest absolute Gasteiger partial charge is 0.259 e. The normalized spacial score (nSPS) is 13.0. The Hall–Kier alpha value is -4.16. The van der Waals surface area contributed by atoms with Gasteiger partial charge in [-0.1, -0.05) is 84.4 Å². The maximum Gasteiger partial charge on any atom is 0.259 e. The van der Waals surface area contributed by atoms with Crippen molar-refractivity contribution in [1.29, 1.82) is 0 Å². The van der Waals surface area contributed by atoms with E-state index < -0.39 is 6.04 Å². The highest BCUT2D eigenvalue weighted by Crippen LogP contribution is 2.37. The number of rotatable bonds is 9. The first kappa shape index (κ1) is 25.5. The fourth-order valence-corrected chi connectivity index (χ4v) is 5.21. The van der Waals surface area contributed by atoms with Gasteiger partial charge < -0.3 is 10.2 Å². The monoisotopic (exact) mass is 525 g/mol. The van der Waals surface area contributed by atoms with Crippen LogP contribution in [-0.2, 0) is 22.6 Å². The number of benzene rings is 4. The Kier molecular flexibility index (Phi) is 7.43. The molecule has 1 aliphatic heterocycles. The van der Waals surface area contributed by atoms with Crippen LogP contribution in [0, 0.1) is 0 Å². The second-order valence-electron chi connectivity index (χ2n) is 9.29. The van der Waals surface area contributed by atoms with Gasteiger partial charge in [0, 0.05) is 35.5 Å². The van der Waals surface area contributed by atoms with E-state index in [4.69, 9.17) is 11.6 Å². The lowest BCUT2D eigenvalue weighted by molar-refractivity contribution is -0.140. The lowest BCUT2D eigenvalue weighted by Gasteiger charge is -2.33. The molecule has 6 nitrogen and oxygen atoms in total. The predicted octanol–water partition coefficient (Wildman–Crippen LogP) is 5.23. The van der Waals surface area contributed by atoms with E-state index in [2.05, 4.69) is 5.32 Å². The third kappa shape index (κ3) is 5.00. The molecule has 1 atom stereocenters. The molecule has 0 saturated heterocycles. The van der Waals surface area contributed by atoms with Gasteiger partial charge in [-0.25, -0.2) is 0 Å². The first-order chi connectivity index (χ1) is 18.5. The molecule has 5 rings (SSSR count). The summed E-state index contributed by atoms with van der Waals surface area (Å²) < 4.78 is 0. The van der Waals surface area contributed by atoms with E-state index in [1.54, 1.807) is 17.0 Å². The Morgan fingerprint density at radius 1 is 0.921 bits per heavy atom. The lowest BCUT2D eigenvalue weighted by Crippen LogP contribution is -2.53. The zero-order chi connectivity index (χ0) is 26.6. The number of carbonyl (C=O) groups is 3. The van der Waals surface area contributed by atoms with Gasteiger partial charge in [0.15, 0.2) is 0 Å². The van der Waals surface area contributed by atoms with Gasteiger partial charge in [-0.2, -0.15) is 0 Å². The summed E-state index contributed by atoms with van der Waals surface area (Å²) in [7, 11) is 0. The van der Waals surface area contributed by atoms with E-state index in [0.717, 1.165) is 21.9 Å². The van der Waals surface area contributed by atoms with Crippen molar-refractivity contribution in [3.63, 3.8) is 0 Å². The molecule has 0 fully saturated rings. The van der Waals surface area contributed by atoms with Gasteiger partial charge in [0.25, 0.3) is 5.91 Å². The zero-order valence-electron chi connectivity index (χ0n) is 21.1. The molecule has 1 heterocycles. The number of hydrogen-bond acceptors (Lipinski definition) is 3. The molecule has 0 aliphatic carbocycles. The molecule has 3 amide bonds. The number of hydrogen-bond donors (Lipinski definition) is 1. The summed E-state index contributed by atoms with van der Waals surface area (Å²) in [5.74, 6) is -0.814. The zero-order valence-corrected chi connectivity index (χ0v) is 21.8. The molecule has 0 bridgehead atoms. The third-order valence-electron chi connectivity index (χ3n) is 6.86. The molecule has 0 radical (unpaired) electrons. The van der Waals surface area contributed by atoms with Gasteiger partial charge in [-0.15, -0.1) is 0 Å². The van der Waals surface area contributed by atoms with Crippen LogP contribution in [0.4, 0.5) is 5.69 Å². The van der Waals surface area contributed by atoms with E-state index in [0.29, 0.717) is 29.2 Å². The molecule has 0 spiro atoms. The van der Waals surface area contributed by atoms with Crippen LogP contribution in [0.1, 0.15) is 28.4 Å². The van der Waals surface area contributed by atoms with Crippen molar-refractivity contribution < 1.29 is 14.4 Å². The number of carbonyl (C=O) groups excluding carboxylic acids is 3. The maximum atomic E-state index is 14.1. The van der Waals surface area contributed by atoms with Gasteiger partial charge in [0.1, 0.15) is 12.6 Å². The van der Waals surface area contributed by atoms with Crippen LogP contribution in [0.5, 0.6) is 0 Å². The van der Waals surface area contributed by atoms with Crippen LogP contribution >= 0.6 is 11.6 Å². The Morgan fingerprint density at radius 3 is 2.37 bits per heavy atom. The molecule has 0 unspecified atom stereocenters. The van der Waals surface area contributed by atoms with Crippen molar-refractivity contribution in [2.45, 2.75) is 25.9 Å². The number of halogens is 1. The number of anilines is 1.